The minimum absolute atomic E-state index is 0.0754. The summed E-state index contributed by atoms with van der Waals surface area (Å²) < 4.78 is 5.36. The van der Waals surface area contributed by atoms with Crippen LogP contribution in [0, 0.1) is 19.3 Å². The zero-order valence-electron chi connectivity index (χ0n) is 24.4. The van der Waals surface area contributed by atoms with E-state index in [1.165, 1.54) is 24.1 Å². The van der Waals surface area contributed by atoms with E-state index in [2.05, 4.69) is 33.4 Å². The number of nitrogens with zero attached hydrogens (tertiary/aromatic N) is 3. The van der Waals surface area contributed by atoms with Crippen molar-refractivity contribution < 1.29 is 14.3 Å². The fourth-order valence-electron chi connectivity index (χ4n) is 7.18. The van der Waals surface area contributed by atoms with Crippen LogP contribution in [0.3, 0.4) is 0 Å². The van der Waals surface area contributed by atoms with Gasteiger partial charge in [0.05, 0.1) is 13.2 Å². The molecule has 2 amide bonds. The number of carbonyl (C=O) groups excluding carboxylic acids is 2. The van der Waals surface area contributed by atoms with Gasteiger partial charge in [-0.25, -0.2) is 0 Å². The number of piperidine rings is 2. The highest BCUT2D eigenvalue weighted by molar-refractivity contribution is 5.98. The second-order valence-corrected chi connectivity index (χ2v) is 12.1. The van der Waals surface area contributed by atoms with Crippen molar-refractivity contribution in [3.63, 3.8) is 0 Å². The Hall–Kier alpha value is -3.87. The number of likely N-dealkylation sites (tertiary alicyclic amines) is 1. The Bertz CT molecular complexity index is 1410. The molecular formula is C34H40N4O3. The van der Waals surface area contributed by atoms with Gasteiger partial charge in [0.15, 0.2) is 0 Å². The smallest absolute Gasteiger partial charge is 0.253 e. The molecule has 1 aliphatic carbocycles. The molecule has 7 nitrogen and oxygen atoms in total. The summed E-state index contributed by atoms with van der Waals surface area (Å²) in [5, 5.41) is 3.26. The Labute approximate surface area is 242 Å². The highest BCUT2D eigenvalue weighted by Crippen LogP contribution is 2.42. The molecule has 1 spiro atoms. The number of hydrogen-bond acceptors (Lipinski definition) is 5. The molecule has 3 heterocycles. The first-order chi connectivity index (χ1) is 19.9. The topological polar surface area (TPSA) is 74.8 Å². The van der Waals surface area contributed by atoms with E-state index < -0.39 is 0 Å². The summed E-state index contributed by atoms with van der Waals surface area (Å²) in [7, 11) is 1.64. The van der Waals surface area contributed by atoms with E-state index in [9.17, 15) is 9.59 Å². The summed E-state index contributed by atoms with van der Waals surface area (Å²) in [6, 6.07) is 14.0. The predicted molar refractivity (Wildman–Crippen MR) is 161 cm³/mol. The quantitative estimate of drug-likeness (QED) is 0.443. The summed E-state index contributed by atoms with van der Waals surface area (Å²) in [5.41, 5.74) is 7.09. The second-order valence-electron chi connectivity index (χ2n) is 12.1. The van der Waals surface area contributed by atoms with Crippen LogP contribution in [0.15, 0.2) is 54.9 Å². The molecule has 0 radical (unpaired) electrons. The van der Waals surface area contributed by atoms with Gasteiger partial charge in [0.2, 0.25) is 0 Å². The number of hydrogen-bond donors (Lipinski definition) is 1. The monoisotopic (exact) mass is 552 g/mol. The zero-order valence-corrected chi connectivity index (χ0v) is 24.4. The van der Waals surface area contributed by atoms with Crippen molar-refractivity contribution in [1.29, 1.82) is 0 Å². The Morgan fingerprint density at radius 3 is 2.24 bits per heavy atom. The molecule has 1 unspecified atom stereocenters. The van der Waals surface area contributed by atoms with E-state index in [1.54, 1.807) is 7.11 Å². The summed E-state index contributed by atoms with van der Waals surface area (Å²) >= 11 is 0. The van der Waals surface area contributed by atoms with E-state index in [-0.39, 0.29) is 17.9 Å². The number of benzene rings is 2. The maximum atomic E-state index is 13.6. The predicted octanol–water partition coefficient (Wildman–Crippen LogP) is 5.65. The van der Waals surface area contributed by atoms with Crippen molar-refractivity contribution in [1.82, 2.24) is 15.2 Å². The number of ether oxygens (including phenoxy) is 1. The Morgan fingerprint density at radius 2 is 1.59 bits per heavy atom. The number of nitrogens with one attached hydrogen (secondary N) is 1. The van der Waals surface area contributed by atoms with Gasteiger partial charge in [-0.15, -0.1) is 0 Å². The molecular weight excluding hydrogens is 512 g/mol. The first-order valence-corrected chi connectivity index (χ1v) is 14.9. The number of aromatic nitrogens is 1. The number of carbonyl (C=O) groups is 2. The van der Waals surface area contributed by atoms with E-state index >= 15 is 0 Å². The highest BCUT2D eigenvalue weighted by Gasteiger charge is 2.39. The van der Waals surface area contributed by atoms with Gasteiger partial charge in [0.1, 0.15) is 5.75 Å². The third-order valence-corrected chi connectivity index (χ3v) is 9.71. The lowest BCUT2D eigenvalue weighted by molar-refractivity contribution is 0.0515. The third kappa shape index (κ3) is 5.42. The molecule has 2 aliphatic heterocycles. The van der Waals surface area contributed by atoms with E-state index in [1.807, 2.05) is 55.4 Å². The van der Waals surface area contributed by atoms with Gasteiger partial charge in [-0.2, -0.15) is 0 Å². The van der Waals surface area contributed by atoms with Crippen molar-refractivity contribution in [3.8, 4) is 5.75 Å². The van der Waals surface area contributed by atoms with Gasteiger partial charge >= 0.3 is 0 Å². The molecule has 3 aromatic rings. The number of methoxy groups -OCH3 is 1. The minimum Gasteiger partial charge on any atom is -0.497 e. The second kappa shape index (κ2) is 11.2. The molecule has 1 atom stereocenters. The van der Waals surface area contributed by atoms with E-state index in [0.29, 0.717) is 11.0 Å². The number of fused-ring (bicyclic) bond motifs is 1. The Kier molecular flexibility index (Phi) is 7.45. The molecule has 0 saturated carbocycles. The molecule has 1 aromatic heterocycles. The molecule has 2 fully saturated rings. The SMILES string of the molecule is COc1cc(C)c(C(=O)NC2CCc3ccc(C(=O)N4CCC5(CC4)CCN(c4ccncc4)CC5)cc32)c(C)c1. The number of pyridine rings is 1. The molecule has 0 bridgehead atoms. The Balaban J connectivity index is 1.09. The van der Waals surface area contributed by atoms with E-state index in [0.717, 1.165) is 79.9 Å². The molecule has 2 aromatic carbocycles. The third-order valence-electron chi connectivity index (χ3n) is 9.71. The average molecular weight is 553 g/mol. The molecule has 6 rings (SSSR count). The van der Waals surface area contributed by atoms with Crippen molar-refractivity contribution in [2.75, 3.05) is 38.2 Å². The minimum atomic E-state index is -0.0960. The lowest BCUT2D eigenvalue weighted by Crippen LogP contribution is -2.48. The van der Waals surface area contributed by atoms with Crippen molar-refractivity contribution in [2.45, 2.75) is 58.4 Å². The number of amides is 2. The van der Waals surface area contributed by atoms with Crippen LogP contribution < -0.4 is 15.0 Å². The zero-order chi connectivity index (χ0) is 28.6. The van der Waals surface area contributed by atoms with Gasteiger partial charge in [-0.05, 0) is 116 Å². The van der Waals surface area contributed by atoms with Crippen LogP contribution in [0.25, 0.3) is 0 Å². The standard InChI is InChI=1S/C34H40N4O3/c1-23-20-28(41-3)21-24(2)31(23)32(39)36-30-7-6-25-4-5-26(22-29(25)30)33(40)38-18-12-34(13-19-38)10-16-37(17-11-34)27-8-14-35-15-9-27/h4-5,8-9,14-15,20-22,30H,6-7,10-13,16-19H2,1-3H3,(H,36,39). The largest absolute Gasteiger partial charge is 0.497 e. The summed E-state index contributed by atoms with van der Waals surface area (Å²) in [5.74, 6) is 0.786. The molecule has 2 saturated heterocycles. The highest BCUT2D eigenvalue weighted by atomic mass is 16.5. The maximum absolute atomic E-state index is 13.6. The van der Waals surface area contributed by atoms with Crippen molar-refractivity contribution in [2.24, 2.45) is 5.41 Å². The van der Waals surface area contributed by atoms with Crippen molar-refractivity contribution >= 4 is 17.5 Å². The van der Waals surface area contributed by atoms with Crippen LogP contribution in [0.5, 0.6) is 5.75 Å². The van der Waals surface area contributed by atoms with Gasteiger partial charge in [-0.3, -0.25) is 14.6 Å². The number of rotatable bonds is 5. The van der Waals surface area contributed by atoms with Crippen LogP contribution >= 0.6 is 0 Å². The van der Waals surface area contributed by atoms with Gasteiger partial charge < -0.3 is 19.9 Å². The van der Waals surface area contributed by atoms with Gasteiger partial charge in [0.25, 0.3) is 11.8 Å². The first kappa shape index (κ1) is 27.3. The molecule has 41 heavy (non-hydrogen) atoms. The number of aryl methyl sites for hydroxylation is 3. The van der Waals surface area contributed by atoms with E-state index in [4.69, 9.17) is 4.74 Å². The molecule has 3 aliphatic rings. The summed E-state index contributed by atoms with van der Waals surface area (Å²) in [6.45, 7) is 7.62. The fraction of sp³-hybridized carbons (Fsp3) is 0.441. The van der Waals surface area contributed by atoms with Crippen LogP contribution in [-0.2, 0) is 6.42 Å². The van der Waals surface area contributed by atoms with Crippen LogP contribution in [-0.4, -0.2) is 55.0 Å². The van der Waals surface area contributed by atoms with Crippen molar-refractivity contribution in [3.05, 3.63) is 88.2 Å². The molecule has 7 heteroatoms. The lowest BCUT2D eigenvalue weighted by atomic mass is 9.71. The van der Waals surface area contributed by atoms with Gasteiger partial charge in [-0.1, -0.05) is 6.07 Å². The van der Waals surface area contributed by atoms with Crippen LogP contribution in [0.4, 0.5) is 5.69 Å². The normalized spacial score (nSPS) is 19.6. The lowest BCUT2D eigenvalue weighted by Gasteiger charge is -2.47. The molecule has 214 valence electrons. The summed E-state index contributed by atoms with van der Waals surface area (Å²) in [4.78, 5) is 35.6. The molecule has 1 N–H and O–H groups in total. The average Bonchev–Trinajstić information content (AvgIpc) is 3.39. The Morgan fingerprint density at radius 1 is 0.927 bits per heavy atom. The van der Waals surface area contributed by atoms with Crippen LogP contribution in [0.2, 0.25) is 0 Å². The van der Waals surface area contributed by atoms with Crippen LogP contribution in [0.1, 0.15) is 81.1 Å². The fourth-order valence-corrected chi connectivity index (χ4v) is 7.18. The first-order valence-electron chi connectivity index (χ1n) is 14.9. The maximum Gasteiger partial charge on any atom is 0.253 e. The van der Waals surface area contributed by atoms with Gasteiger partial charge in [0, 0.05) is 55.4 Å². The summed E-state index contributed by atoms with van der Waals surface area (Å²) in [6.07, 6.45) is 9.94. The number of anilines is 1.